The first-order chi connectivity index (χ1) is 10.2. The van der Waals surface area contributed by atoms with Crippen LogP contribution in [0.4, 0.5) is 0 Å². The zero-order valence-electron chi connectivity index (χ0n) is 12.5. The molecule has 0 saturated heterocycles. The monoisotopic (exact) mass is 273 g/mol. The van der Waals surface area contributed by atoms with Crippen molar-refractivity contribution in [3.05, 3.63) is 82.6 Å². The molecule has 0 amide bonds. The molecule has 0 spiro atoms. The van der Waals surface area contributed by atoms with Gasteiger partial charge in [0.1, 0.15) is 0 Å². The van der Waals surface area contributed by atoms with E-state index in [1.165, 1.54) is 39.0 Å². The molecule has 1 atom stereocenters. The Bertz CT molecular complexity index is 780. The zero-order chi connectivity index (χ0) is 14.4. The van der Waals surface area contributed by atoms with E-state index in [1.54, 1.807) is 0 Å². The van der Waals surface area contributed by atoms with Crippen molar-refractivity contribution < 1.29 is 0 Å². The third-order valence-corrected chi connectivity index (χ3v) is 4.64. The molecule has 2 aromatic carbocycles. The van der Waals surface area contributed by atoms with E-state index in [-0.39, 0.29) is 0 Å². The van der Waals surface area contributed by atoms with Crippen LogP contribution in [0, 0.1) is 6.92 Å². The van der Waals surface area contributed by atoms with Gasteiger partial charge in [-0.2, -0.15) is 0 Å². The second-order valence-electron chi connectivity index (χ2n) is 6.04. The first kappa shape index (κ1) is 12.5. The van der Waals surface area contributed by atoms with Gasteiger partial charge in [0.25, 0.3) is 0 Å². The van der Waals surface area contributed by atoms with E-state index in [4.69, 9.17) is 0 Å². The zero-order valence-corrected chi connectivity index (χ0v) is 12.5. The average molecular weight is 273 g/mol. The number of hydrogen-bond acceptors (Lipinski definition) is 1. The minimum atomic E-state index is 0.290. The lowest BCUT2D eigenvalue weighted by Crippen LogP contribution is -2.17. The highest BCUT2D eigenvalue weighted by Gasteiger charge is 2.24. The van der Waals surface area contributed by atoms with Gasteiger partial charge in [0, 0.05) is 6.20 Å². The standard InChI is InChI=1S/C20H19N/c1-13-9-10-20(21-12-13)17-8-4-7-16-15-6-3-5-14(2)18(15)11-19(16)17/h3-10,12,20-21H,11H2,1-2H3. The Morgan fingerprint density at radius 1 is 0.952 bits per heavy atom. The highest BCUT2D eigenvalue weighted by molar-refractivity contribution is 5.79. The molecule has 0 aromatic heterocycles. The van der Waals surface area contributed by atoms with Crippen LogP contribution in [0.2, 0.25) is 0 Å². The molecule has 4 rings (SSSR count). The van der Waals surface area contributed by atoms with Crippen molar-refractivity contribution in [2.45, 2.75) is 26.3 Å². The lowest BCUT2D eigenvalue weighted by molar-refractivity contribution is 0.732. The first-order valence-corrected chi connectivity index (χ1v) is 7.56. The van der Waals surface area contributed by atoms with Crippen LogP contribution in [-0.2, 0) is 6.42 Å². The van der Waals surface area contributed by atoms with Gasteiger partial charge in [-0.25, -0.2) is 0 Å². The highest BCUT2D eigenvalue weighted by Crippen LogP contribution is 2.41. The number of nitrogens with one attached hydrogen (secondary N) is 1. The van der Waals surface area contributed by atoms with Crippen LogP contribution < -0.4 is 5.32 Å². The molecule has 104 valence electrons. The van der Waals surface area contributed by atoms with Crippen molar-refractivity contribution in [3.8, 4) is 11.1 Å². The van der Waals surface area contributed by atoms with Crippen LogP contribution in [0.25, 0.3) is 11.1 Å². The molecule has 2 aliphatic rings. The number of benzene rings is 2. The Balaban J connectivity index is 1.82. The summed E-state index contributed by atoms with van der Waals surface area (Å²) in [4.78, 5) is 0. The number of rotatable bonds is 1. The van der Waals surface area contributed by atoms with Gasteiger partial charge in [-0.1, -0.05) is 48.6 Å². The average Bonchev–Trinajstić information content (AvgIpc) is 2.89. The number of allylic oxidation sites excluding steroid dienone is 2. The summed E-state index contributed by atoms with van der Waals surface area (Å²) in [5.74, 6) is 0. The van der Waals surface area contributed by atoms with E-state index in [1.807, 2.05) is 0 Å². The van der Waals surface area contributed by atoms with Crippen LogP contribution in [-0.4, -0.2) is 0 Å². The smallest absolute Gasteiger partial charge is 0.0698 e. The van der Waals surface area contributed by atoms with Crippen molar-refractivity contribution in [3.63, 3.8) is 0 Å². The van der Waals surface area contributed by atoms with E-state index in [0.717, 1.165) is 6.42 Å². The topological polar surface area (TPSA) is 12.0 Å². The summed E-state index contributed by atoms with van der Waals surface area (Å²) in [5.41, 5.74) is 9.88. The highest BCUT2D eigenvalue weighted by atomic mass is 14.9. The molecule has 21 heavy (non-hydrogen) atoms. The number of dihydropyridines is 1. The summed E-state index contributed by atoms with van der Waals surface area (Å²) in [5, 5.41) is 3.51. The Labute approximate surface area is 126 Å². The molecule has 1 nitrogen and oxygen atoms in total. The summed E-state index contributed by atoms with van der Waals surface area (Å²) >= 11 is 0. The minimum Gasteiger partial charge on any atom is -0.380 e. The quantitative estimate of drug-likeness (QED) is 0.679. The summed E-state index contributed by atoms with van der Waals surface area (Å²) < 4.78 is 0. The fourth-order valence-corrected chi connectivity index (χ4v) is 3.48. The predicted molar refractivity (Wildman–Crippen MR) is 88.2 cm³/mol. The second-order valence-corrected chi connectivity index (χ2v) is 6.04. The molecule has 1 N–H and O–H groups in total. The van der Waals surface area contributed by atoms with Gasteiger partial charge >= 0.3 is 0 Å². The summed E-state index contributed by atoms with van der Waals surface area (Å²) in [6.07, 6.45) is 7.63. The summed E-state index contributed by atoms with van der Waals surface area (Å²) in [6, 6.07) is 13.6. The first-order valence-electron chi connectivity index (χ1n) is 7.56. The molecular weight excluding hydrogens is 254 g/mol. The third kappa shape index (κ3) is 1.92. The van der Waals surface area contributed by atoms with Crippen LogP contribution in [0.5, 0.6) is 0 Å². The SMILES string of the molecule is CC1=CNC(c2cccc3c2Cc2c(C)cccc2-3)C=C1. The van der Waals surface area contributed by atoms with Gasteiger partial charge in [0.15, 0.2) is 0 Å². The van der Waals surface area contributed by atoms with Gasteiger partial charge in [0.05, 0.1) is 6.04 Å². The van der Waals surface area contributed by atoms with Crippen molar-refractivity contribution in [1.82, 2.24) is 5.32 Å². The van der Waals surface area contributed by atoms with E-state index in [0.29, 0.717) is 6.04 Å². The lowest BCUT2D eigenvalue weighted by atomic mass is 9.94. The Morgan fingerprint density at radius 3 is 2.48 bits per heavy atom. The summed E-state index contributed by atoms with van der Waals surface area (Å²) in [7, 11) is 0. The van der Waals surface area contributed by atoms with Crippen molar-refractivity contribution in [1.29, 1.82) is 0 Å². The van der Waals surface area contributed by atoms with Crippen LogP contribution in [0.15, 0.2) is 60.3 Å². The van der Waals surface area contributed by atoms with Gasteiger partial charge in [-0.05, 0) is 59.2 Å². The van der Waals surface area contributed by atoms with Crippen molar-refractivity contribution in [2.24, 2.45) is 0 Å². The normalized spacial score (nSPS) is 18.8. The molecule has 2 aromatic rings. The predicted octanol–water partition coefficient (Wildman–Crippen LogP) is 4.67. The number of hydrogen-bond donors (Lipinski definition) is 1. The Morgan fingerprint density at radius 2 is 1.71 bits per heavy atom. The fraction of sp³-hybridized carbons (Fsp3) is 0.200. The van der Waals surface area contributed by atoms with E-state index in [9.17, 15) is 0 Å². The van der Waals surface area contributed by atoms with Gasteiger partial charge in [0.2, 0.25) is 0 Å². The Hall–Kier alpha value is -2.28. The maximum absolute atomic E-state index is 3.51. The van der Waals surface area contributed by atoms with Crippen LogP contribution in [0.1, 0.15) is 35.2 Å². The molecule has 1 heterocycles. The van der Waals surface area contributed by atoms with Gasteiger partial charge < -0.3 is 5.32 Å². The maximum atomic E-state index is 3.51. The van der Waals surface area contributed by atoms with E-state index >= 15 is 0 Å². The van der Waals surface area contributed by atoms with Crippen LogP contribution >= 0.6 is 0 Å². The van der Waals surface area contributed by atoms with Gasteiger partial charge in [-0.3, -0.25) is 0 Å². The third-order valence-electron chi connectivity index (χ3n) is 4.64. The molecule has 1 unspecified atom stereocenters. The molecular formula is C20H19N. The molecule has 0 saturated carbocycles. The van der Waals surface area contributed by atoms with Crippen molar-refractivity contribution >= 4 is 0 Å². The van der Waals surface area contributed by atoms with E-state index in [2.05, 4.69) is 73.9 Å². The lowest BCUT2D eigenvalue weighted by Gasteiger charge is -2.21. The van der Waals surface area contributed by atoms with E-state index < -0.39 is 0 Å². The maximum Gasteiger partial charge on any atom is 0.0698 e. The second kappa shape index (κ2) is 4.63. The summed E-state index contributed by atoms with van der Waals surface area (Å²) in [6.45, 7) is 4.34. The number of aryl methyl sites for hydroxylation is 1. The number of fused-ring (bicyclic) bond motifs is 3. The van der Waals surface area contributed by atoms with Crippen LogP contribution in [0.3, 0.4) is 0 Å². The molecule has 1 heteroatoms. The van der Waals surface area contributed by atoms with Gasteiger partial charge in [-0.15, -0.1) is 0 Å². The molecule has 1 aliphatic carbocycles. The van der Waals surface area contributed by atoms with Crippen molar-refractivity contribution in [2.75, 3.05) is 0 Å². The minimum absolute atomic E-state index is 0.290. The molecule has 0 fully saturated rings. The largest absolute Gasteiger partial charge is 0.380 e. The molecule has 0 bridgehead atoms. The molecule has 1 aliphatic heterocycles. The fourth-order valence-electron chi connectivity index (χ4n) is 3.48. The Kier molecular flexibility index (Phi) is 2.75. The molecule has 0 radical (unpaired) electrons.